The van der Waals surface area contributed by atoms with Crippen molar-refractivity contribution >= 4 is 12.0 Å². The first kappa shape index (κ1) is 26.6. The summed E-state index contributed by atoms with van der Waals surface area (Å²) in [5.41, 5.74) is 3.32. The second-order valence-electron chi connectivity index (χ2n) is 11.6. The first-order chi connectivity index (χ1) is 19.6. The van der Waals surface area contributed by atoms with E-state index in [1.54, 1.807) is 12.1 Å². The fourth-order valence-electron chi connectivity index (χ4n) is 6.34. The zero-order valence-corrected chi connectivity index (χ0v) is 22.9. The van der Waals surface area contributed by atoms with E-state index >= 15 is 0 Å². The number of carbonyl (C=O) groups excluding carboxylic acids is 2. The van der Waals surface area contributed by atoms with E-state index in [2.05, 4.69) is 41.7 Å². The van der Waals surface area contributed by atoms with Crippen LogP contribution in [-0.4, -0.2) is 36.7 Å². The molecule has 0 spiro atoms. The maximum atomic E-state index is 13.7. The first-order valence-electron chi connectivity index (χ1n) is 14.7. The number of benzene rings is 3. The standard InChI is InChI=1S/C34H38N2O4/c37-33-31-14-8-7-13-30(31)25-17-15-24(16-18-25)20-36(34(38)40-29-11-5-2-6-12-29)21-27-19-28(27)22-39-23-32(35-33)26-9-3-1-4-10-26/h1-6,9-12,15-18,27-28,30-32H,7-8,13-14,19-23H2,(H,35,37). The smallest absolute Gasteiger partial charge is 0.410 e. The van der Waals surface area contributed by atoms with Gasteiger partial charge in [-0.05, 0) is 65.8 Å². The van der Waals surface area contributed by atoms with Crippen molar-refractivity contribution in [1.82, 2.24) is 10.2 Å². The van der Waals surface area contributed by atoms with E-state index in [0.29, 0.717) is 43.9 Å². The van der Waals surface area contributed by atoms with Crippen molar-refractivity contribution in [3.8, 4) is 5.75 Å². The lowest BCUT2D eigenvalue weighted by Gasteiger charge is -2.32. The molecule has 208 valence electrons. The molecule has 40 heavy (non-hydrogen) atoms. The molecule has 2 fully saturated rings. The number of nitrogens with zero attached hydrogens (tertiary/aromatic N) is 1. The van der Waals surface area contributed by atoms with Gasteiger partial charge < -0.3 is 19.7 Å². The van der Waals surface area contributed by atoms with Gasteiger partial charge in [0.25, 0.3) is 0 Å². The minimum absolute atomic E-state index is 0.0633. The van der Waals surface area contributed by atoms with Gasteiger partial charge in [0.15, 0.2) is 0 Å². The molecule has 0 saturated heterocycles. The maximum Gasteiger partial charge on any atom is 0.415 e. The molecule has 2 aliphatic carbocycles. The number of hydrogen-bond donors (Lipinski definition) is 1. The van der Waals surface area contributed by atoms with Crippen LogP contribution in [0.25, 0.3) is 0 Å². The van der Waals surface area contributed by atoms with Gasteiger partial charge in [-0.3, -0.25) is 4.79 Å². The summed E-state index contributed by atoms with van der Waals surface area (Å²) in [5, 5.41) is 3.36. The lowest BCUT2D eigenvalue weighted by atomic mass is 9.74. The second-order valence-corrected chi connectivity index (χ2v) is 11.6. The zero-order chi connectivity index (χ0) is 27.3. The Morgan fingerprint density at radius 1 is 0.800 bits per heavy atom. The predicted molar refractivity (Wildman–Crippen MR) is 154 cm³/mol. The number of amides is 2. The topological polar surface area (TPSA) is 67.9 Å². The van der Waals surface area contributed by atoms with Gasteiger partial charge >= 0.3 is 6.09 Å². The third-order valence-electron chi connectivity index (χ3n) is 8.75. The molecule has 2 heterocycles. The largest absolute Gasteiger partial charge is 0.415 e. The summed E-state index contributed by atoms with van der Waals surface area (Å²) >= 11 is 0. The third-order valence-corrected chi connectivity index (χ3v) is 8.75. The Balaban J connectivity index is 1.26. The van der Waals surface area contributed by atoms with Gasteiger partial charge in [0.1, 0.15) is 5.75 Å². The third kappa shape index (κ3) is 6.39. The summed E-state index contributed by atoms with van der Waals surface area (Å²) < 4.78 is 12.0. The van der Waals surface area contributed by atoms with Crippen molar-refractivity contribution in [2.24, 2.45) is 17.8 Å². The molecule has 1 N–H and O–H groups in total. The van der Waals surface area contributed by atoms with Crippen LogP contribution < -0.4 is 10.1 Å². The highest BCUT2D eigenvalue weighted by Crippen LogP contribution is 2.41. The SMILES string of the molecule is O=C1NC(c2ccccc2)COCC2CC2CN(C(=O)Oc2ccccc2)Cc2ccc(cc2)C2CCCCC12. The molecule has 0 aromatic heterocycles. The maximum absolute atomic E-state index is 13.7. The molecule has 6 nitrogen and oxygen atoms in total. The molecule has 3 aromatic rings. The fourth-order valence-corrected chi connectivity index (χ4v) is 6.34. The Bertz CT molecular complexity index is 1280. The highest BCUT2D eigenvalue weighted by atomic mass is 16.6. The number of carbonyl (C=O) groups is 2. The van der Waals surface area contributed by atoms with Crippen LogP contribution in [0.4, 0.5) is 4.79 Å². The molecule has 4 aliphatic rings. The summed E-state index contributed by atoms with van der Waals surface area (Å²) in [5.74, 6) is 1.55. The zero-order valence-electron chi connectivity index (χ0n) is 22.9. The van der Waals surface area contributed by atoms with Crippen LogP contribution in [0.2, 0.25) is 0 Å². The van der Waals surface area contributed by atoms with Crippen LogP contribution in [0.1, 0.15) is 60.8 Å². The van der Waals surface area contributed by atoms with Gasteiger partial charge in [0.05, 0.1) is 12.6 Å². The fraction of sp³-hybridized carbons (Fsp3) is 0.412. The summed E-state index contributed by atoms with van der Waals surface area (Å²) in [6.07, 6.45) is 4.78. The Labute approximate surface area is 236 Å². The van der Waals surface area contributed by atoms with Gasteiger partial charge in [0, 0.05) is 25.6 Å². The normalized spacial score (nSPS) is 27.1. The molecule has 2 amide bonds. The van der Waals surface area contributed by atoms with Gasteiger partial charge in [-0.25, -0.2) is 4.79 Å². The van der Waals surface area contributed by atoms with Crippen molar-refractivity contribution < 1.29 is 19.1 Å². The van der Waals surface area contributed by atoms with E-state index in [1.807, 2.05) is 41.3 Å². The van der Waals surface area contributed by atoms with Crippen molar-refractivity contribution in [3.05, 3.63) is 102 Å². The summed E-state index contributed by atoms with van der Waals surface area (Å²) in [6, 6.07) is 27.7. The van der Waals surface area contributed by atoms with Crippen molar-refractivity contribution in [2.45, 2.75) is 50.6 Å². The van der Waals surface area contributed by atoms with Crippen molar-refractivity contribution in [3.63, 3.8) is 0 Å². The molecule has 2 aliphatic heterocycles. The Morgan fingerprint density at radius 2 is 1.50 bits per heavy atom. The summed E-state index contributed by atoms with van der Waals surface area (Å²) in [4.78, 5) is 28.8. The summed E-state index contributed by atoms with van der Waals surface area (Å²) in [7, 11) is 0. The van der Waals surface area contributed by atoms with Gasteiger partial charge in [-0.15, -0.1) is 0 Å². The molecule has 0 radical (unpaired) electrons. The Hall–Kier alpha value is -3.64. The number of hydrogen-bond acceptors (Lipinski definition) is 4. The number of nitrogens with one attached hydrogen (secondary N) is 1. The lowest BCUT2D eigenvalue weighted by Crippen LogP contribution is -2.39. The van der Waals surface area contributed by atoms with E-state index < -0.39 is 0 Å². The molecule has 7 rings (SSSR count). The Morgan fingerprint density at radius 3 is 2.25 bits per heavy atom. The molecule has 2 saturated carbocycles. The quantitative estimate of drug-likeness (QED) is 0.405. The van der Waals surface area contributed by atoms with Gasteiger partial charge in [-0.2, -0.15) is 0 Å². The monoisotopic (exact) mass is 538 g/mol. The molecular formula is C34H38N2O4. The number of para-hydroxylation sites is 1. The van der Waals surface area contributed by atoms with E-state index in [0.717, 1.165) is 43.2 Å². The van der Waals surface area contributed by atoms with Crippen LogP contribution in [0.15, 0.2) is 84.9 Å². The van der Waals surface area contributed by atoms with Crippen LogP contribution in [0.3, 0.4) is 0 Å². The van der Waals surface area contributed by atoms with Crippen LogP contribution in [0.5, 0.6) is 5.75 Å². The minimum atomic E-state index is -0.328. The van der Waals surface area contributed by atoms with E-state index in [4.69, 9.17) is 9.47 Å². The number of fused-ring (bicyclic) bond motifs is 9. The molecule has 6 heteroatoms. The van der Waals surface area contributed by atoms with Gasteiger partial charge in [-0.1, -0.05) is 85.6 Å². The van der Waals surface area contributed by atoms with Crippen molar-refractivity contribution in [1.29, 1.82) is 0 Å². The minimum Gasteiger partial charge on any atom is -0.410 e. The second kappa shape index (κ2) is 12.3. The Kier molecular flexibility index (Phi) is 8.14. The van der Waals surface area contributed by atoms with Crippen molar-refractivity contribution in [2.75, 3.05) is 19.8 Å². The molecule has 5 unspecified atom stereocenters. The van der Waals surface area contributed by atoms with Crippen LogP contribution in [0, 0.1) is 17.8 Å². The molecule has 2 bridgehead atoms. The highest BCUT2D eigenvalue weighted by Gasteiger charge is 2.40. The van der Waals surface area contributed by atoms with E-state index in [1.165, 1.54) is 5.56 Å². The van der Waals surface area contributed by atoms with Crippen LogP contribution in [-0.2, 0) is 16.1 Å². The number of ether oxygens (including phenoxy) is 2. The average molecular weight is 539 g/mol. The summed E-state index contributed by atoms with van der Waals surface area (Å²) in [6.45, 7) is 2.17. The van der Waals surface area contributed by atoms with E-state index in [9.17, 15) is 9.59 Å². The predicted octanol–water partition coefficient (Wildman–Crippen LogP) is 6.49. The average Bonchev–Trinajstić information content (AvgIpc) is 3.74. The van der Waals surface area contributed by atoms with Gasteiger partial charge in [0.2, 0.25) is 5.91 Å². The lowest BCUT2D eigenvalue weighted by molar-refractivity contribution is -0.127. The van der Waals surface area contributed by atoms with E-state index in [-0.39, 0.29) is 29.9 Å². The van der Waals surface area contributed by atoms with Crippen LogP contribution >= 0.6 is 0 Å². The highest BCUT2D eigenvalue weighted by molar-refractivity contribution is 5.80. The molecule has 5 atom stereocenters. The number of rotatable bonds is 2. The first-order valence-corrected chi connectivity index (χ1v) is 14.7. The molecule has 3 aromatic carbocycles. The molecular weight excluding hydrogens is 500 g/mol.